The lowest BCUT2D eigenvalue weighted by atomic mass is 9.92. The van der Waals surface area contributed by atoms with Crippen LogP contribution in [0.2, 0.25) is 0 Å². The maximum atomic E-state index is 14.6. The number of nitrogens with zero attached hydrogens (tertiary/aromatic N) is 3. The number of hydrogen-bond acceptors (Lipinski definition) is 3. The van der Waals surface area contributed by atoms with Crippen molar-refractivity contribution in [2.75, 3.05) is 11.5 Å². The fraction of sp³-hybridized carbons (Fsp3) is 0.263. The van der Waals surface area contributed by atoms with Crippen LogP contribution in [0.4, 0.5) is 23.2 Å². The quantitative estimate of drug-likeness (QED) is 0.484. The summed E-state index contributed by atoms with van der Waals surface area (Å²) in [6.45, 7) is -0.453. The summed E-state index contributed by atoms with van der Waals surface area (Å²) in [6, 6.07) is 4.98. The van der Waals surface area contributed by atoms with E-state index in [1.165, 1.54) is 11.0 Å². The number of pyridine rings is 1. The second-order valence-electron chi connectivity index (χ2n) is 6.70. The number of imidazole rings is 1. The molecule has 1 fully saturated rings. The van der Waals surface area contributed by atoms with E-state index in [4.69, 9.17) is 0 Å². The van der Waals surface area contributed by atoms with Crippen LogP contribution in [0.25, 0.3) is 5.65 Å². The molecule has 0 radical (unpaired) electrons. The average molecular weight is 393 g/mol. The highest BCUT2D eigenvalue weighted by molar-refractivity contribution is 6.01. The first-order valence-electron chi connectivity index (χ1n) is 8.48. The van der Waals surface area contributed by atoms with Gasteiger partial charge in [0, 0.05) is 42.8 Å². The molecule has 1 amide bonds. The molecule has 3 aromatic rings. The van der Waals surface area contributed by atoms with Crippen molar-refractivity contribution in [1.82, 2.24) is 9.38 Å². The van der Waals surface area contributed by atoms with Gasteiger partial charge in [0.05, 0.1) is 12.5 Å². The van der Waals surface area contributed by atoms with Crippen molar-refractivity contribution in [3.05, 3.63) is 60.1 Å². The highest BCUT2D eigenvalue weighted by Gasteiger charge is 2.40. The van der Waals surface area contributed by atoms with Crippen molar-refractivity contribution < 1.29 is 27.1 Å². The molecule has 1 unspecified atom stereocenters. The second-order valence-corrected chi connectivity index (χ2v) is 6.70. The third kappa shape index (κ3) is 3.17. The van der Waals surface area contributed by atoms with E-state index in [9.17, 15) is 22.4 Å². The van der Waals surface area contributed by atoms with E-state index >= 15 is 0 Å². The molecule has 1 saturated heterocycles. The third-order valence-corrected chi connectivity index (χ3v) is 4.52. The Hall–Kier alpha value is -3.10. The fourth-order valence-electron chi connectivity index (χ4n) is 3.16. The van der Waals surface area contributed by atoms with Gasteiger partial charge in [0.2, 0.25) is 11.7 Å². The Labute approximate surface area is 157 Å². The van der Waals surface area contributed by atoms with Crippen LogP contribution in [0.3, 0.4) is 0 Å². The number of carbonyl (C=O) groups excluding carboxylic acids is 1. The number of fused-ring (bicyclic) bond motifs is 1. The number of carbonyl (C=O) groups is 1. The maximum Gasteiger partial charge on any atom is 0.278 e. The number of amides is 1. The fourth-order valence-corrected chi connectivity index (χ4v) is 3.16. The Bertz CT molecular complexity index is 1060. The van der Waals surface area contributed by atoms with Crippen LogP contribution >= 0.6 is 0 Å². The minimum Gasteiger partial charge on any atom is -0.484 e. The van der Waals surface area contributed by atoms with Gasteiger partial charge >= 0.3 is 0 Å². The van der Waals surface area contributed by atoms with Gasteiger partial charge in [-0.15, -0.1) is 0 Å². The van der Waals surface area contributed by atoms with Gasteiger partial charge in [-0.3, -0.25) is 4.79 Å². The molecule has 28 heavy (non-hydrogen) atoms. The van der Waals surface area contributed by atoms with E-state index in [0.29, 0.717) is 18.3 Å². The van der Waals surface area contributed by atoms with E-state index in [1.54, 1.807) is 35.1 Å². The number of benzene rings is 1. The highest BCUT2D eigenvalue weighted by atomic mass is 19.3. The maximum absolute atomic E-state index is 14.6. The molecule has 3 heterocycles. The smallest absolute Gasteiger partial charge is 0.278 e. The first kappa shape index (κ1) is 18.3. The standard InChI is InChI=1S/C19H15F4N3O2/c1-19(22,23)10-28-14-3-2-12(17(20)18(14)21)13-9-16(27)26(13)11-4-6-25-7-5-24-15(25)8-11/h2-8,13H,9-10H2,1H3. The van der Waals surface area contributed by atoms with Crippen LogP contribution in [0, 0.1) is 11.6 Å². The van der Waals surface area contributed by atoms with Crippen LogP contribution in [-0.4, -0.2) is 27.8 Å². The number of β-lactam (4-membered cyclic amide) rings is 1. The average Bonchev–Trinajstić information content (AvgIpc) is 3.08. The first-order chi connectivity index (χ1) is 13.2. The largest absolute Gasteiger partial charge is 0.484 e. The van der Waals surface area contributed by atoms with Crippen molar-refractivity contribution in [2.24, 2.45) is 0 Å². The van der Waals surface area contributed by atoms with Gasteiger partial charge in [-0.05, 0) is 12.1 Å². The van der Waals surface area contributed by atoms with Gasteiger partial charge in [-0.2, -0.15) is 4.39 Å². The van der Waals surface area contributed by atoms with Gasteiger partial charge in [0.25, 0.3) is 5.92 Å². The topological polar surface area (TPSA) is 46.8 Å². The third-order valence-electron chi connectivity index (χ3n) is 4.52. The van der Waals surface area contributed by atoms with Gasteiger partial charge in [-0.1, -0.05) is 6.07 Å². The molecular formula is C19H15F4N3O2. The predicted octanol–water partition coefficient (Wildman–Crippen LogP) is 4.12. The molecule has 0 spiro atoms. The summed E-state index contributed by atoms with van der Waals surface area (Å²) in [6.07, 6.45) is 5.05. The van der Waals surface area contributed by atoms with Crippen molar-refractivity contribution in [1.29, 1.82) is 0 Å². The molecule has 2 aromatic heterocycles. The first-order valence-corrected chi connectivity index (χ1v) is 8.48. The molecule has 146 valence electrons. The molecule has 0 bridgehead atoms. The Morgan fingerprint density at radius 3 is 2.71 bits per heavy atom. The van der Waals surface area contributed by atoms with Gasteiger partial charge < -0.3 is 14.0 Å². The number of rotatable bonds is 5. The Balaban J connectivity index is 1.63. The SMILES string of the molecule is CC(F)(F)COc1ccc(C2CC(=O)N2c2ccn3ccnc3c2)c(F)c1F. The molecule has 5 nitrogen and oxygen atoms in total. The van der Waals surface area contributed by atoms with Crippen molar-refractivity contribution >= 4 is 17.2 Å². The number of aromatic nitrogens is 2. The van der Waals surface area contributed by atoms with E-state index in [2.05, 4.69) is 9.72 Å². The minimum absolute atomic E-state index is 0.00319. The monoisotopic (exact) mass is 393 g/mol. The summed E-state index contributed by atoms with van der Waals surface area (Å²) in [7, 11) is 0. The van der Waals surface area contributed by atoms with E-state index in [-0.39, 0.29) is 17.9 Å². The van der Waals surface area contributed by atoms with E-state index < -0.39 is 36.0 Å². The summed E-state index contributed by atoms with van der Waals surface area (Å²) in [5.41, 5.74) is 1.06. The van der Waals surface area contributed by atoms with Gasteiger partial charge in [0.15, 0.2) is 18.2 Å². The zero-order chi connectivity index (χ0) is 20.1. The number of ether oxygens (including phenoxy) is 1. The van der Waals surface area contributed by atoms with Crippen molar-refractivity contribution in [2.45, 2.75) is 25.3 Å². The zero-order valence-corrected chi connectivity index (χ0v) is 14.7. The number of alkyl halides is 2. The zero-order valence-electron chi connectivity index (χ0n) is 14.7. The Morgan fingerprint density at radius 2 is 2.00 bits per heavy atom. The summed E-state index contributed by atoms with van der Waals surface area (Å²) in [5, 5.41) is 0. The van der Waals surface area contributed by atoms with Crippen LogP contribution in [0.15, 0.2) is 42.9 Å². The molecular weight excluding hydrogens is 378 g/mol. The van der Waals surface area contributed by atoms with Crippen LogP contribution in [-0.2, 0) is 4.79 Å². The molecule has 1 aromatic carbocycles. The van der Waals surface area contributed by atoms with Crippen molar-refractivity contribution in [3.63, 3.8) is 0 Å². The summed E-state index contributed by atoms with van der Waals surface area (Å²) in [5.74, 6) is -6.60. The minimum atomic E-state index is -3.18. The number of halogens is 4. The molecule has 1 atom stereocenters. The lowest BCUT2D eigenvalue weighted by molar-refractivity contribution is -0.124. The molecule has 1 aliphatic rings. The molecule has 1 aliphatic heterocycles. The van der Waals surface area contributed by atoms with E-state index in [1.807, 2.05) is 0 Å². The van der Waals surface area contributed by atoms with Crippen molar-refractivity contribution in [3.8, 4) is 5.75 Å². The lowest BCUT2D eigenvalue weighted by Gasteiger charge is -2.40. The summed E-state index contributed by atoms with van der Waals surface area (Å²) >= 11 is 0. The number of anilines is 1. The Morgan fingerprint density at radius 1 is 1.21 bits per heavy atom. The Kier molecular flexibility index (Phi) is 4.24. The molecule has 4 rings (SSSR count). The van der Waals surface area contributed by atoms with Crippen LogP contribution < -0.4 is 9.64 Å². The normalized spacial score (nSPS) is 17.1. The number of hydrogen-bond donors (Lipinski definition) is 0. The lowest BCUT2D eigenvalue weighted by Crippen LogP contribution is -2.47. The molecule has 0 aliphatic carbocycles. The molecule has 0 N–H and O–H groups in total. The van der Waals surface area contributed by atoms with Crippen LogP contribution in [0.1, 0.15) is 24.9 Å². The van der Waals surface area contributed by atoms with Crippen LogP contribution in [0.5, 0.6) is 5.75 Å². The second kappa shape index (κ2) is 6.50. The molecule has 9 heteroatoms. The summed E-state index contributed by atoms with van der Waals surface area (Å²) in [4.78, 5) is 17.6. The summed E-state index contributed by atoms with van der Waals surface area (Å²) < 4.78 is 61.1. The van der Waals surface area contributed by atoms with Gasteiger partial charge in [0.1, 0.15) is 5.65 Å². The molecule has 0 saturated carbocycles. The van der Waals surface area contributed by atoms with Gasteiger partial charge in [-0.25, -0.2) is 18.2 Å². The van der Waals surface area contributed by atoms with E-state index in [0.717, 1.165) is 6.07 Å². The predicted molar refractivity (Wildman–Crippen MR) is 92.5 cm³/mol. The highest BCUT2D eigenvalue weighted by Crippen LogP contribution is 2.41.